The van der Waals surface area contributed by atoms with Crippen LogP contribution in [-0.2, 0) is 16.6 Å². The number of nitrogens with one attached hydrogen (secondary N) is 1. The lowest BCUT2D eigenvalue weighted by Gasteiger charge is -2.09. The van der Waals surface area contributed by atoms with Gasteiger partial charge in [-0.15, -0.1) is 0 Å². The molecule has 0 aromatic carbocycles. The van der Waals surface area contributed by atoms with Crippen LogP contribution in [0.3, 0.4) is 0 Å². The van der Waals surface area contributed by atoms with Crippen LogP contribution in [0.5, 0.6) is 0 Å². The van der Waals surface area contributed by atoms with Crippen LogP contribution in [0.1, 0.15) is 29.8 Å². The van der Waals surface area contributed by atoms with Gasteiger partial charge in [0.15, 0.2) is 0 Å². The van der Waals surface area contributed by atoms with Crippen molar-refractivity contribution in [1.82, 2.24) is 15.1 Å². The summed E-state index contributed by atoms with van der Waals surface area (Å²) in [7, 11) is 1.85. The Morgan fingerprint density at radius 1 is 1.45 bits per heavy atom. The minimum absolute atomic E-state index is 0.191. The van der Waals surface area contributed by atoms with E-state index < -0.39 is 11.4 Å². The van der Waals surface area contributed by atoms with E-state index in [0.29, 0.717) is 12.8 Å². The van der Waals surface area contributed by atoms with Crippen molar-refractivity contribution in [3.63, 3.8) is 0 Å². The van der Waals surface area contributed by atoms with Crippen molar-refractivity contribution in [2.75, 3.05) is 6.54 Å². The highest BCUT2D eigenvalue weighted by atomic mass is 16.4. The summed E-state index contributed by atoms with van der Waals surface area (Å²) in [5, 5.41) is 15.9. The standard InChI is InChI=1S/C14H19N3O3/c1-9-11(10(2)17(3)16-9)4-5-12(18)15-8-14(6-7-14)13(19)20/h4-5H,6-8H2,1-3H3,(H,15,18)(H,19,20)/b5-4+. The number of carboxylic acid groups (broad SMARTS) is 1. The first kappa shape index (κ1) is 14.3. The Balaban J connectivity index is 1.95. The Hall–Kier alpha value is -2.11. The van der Waals surface area contributed by atoms with Gasteiger partial charge in [0.25, 0.3) is 0 Å². The number of hydrogen-bond acceptors (Lipinski definition) is 3. The highest BCUT2D eigenvalue weighted by molar-refractivity contribution is 5.92. The number of aliphatic carboxylic acids is 1. The predicted octanol–water partition coefficient (Wildman–Crippen LogP) is 1.03. The van der Waals surface area contributed by atoms with Crippen LogP contribution in [0.4, 0.5) is 0 Å². The molecular weight excluding hydrogens is 258 g/mol. The number of aryl methyl sites for hydroxylation is 2. The third-order valence-electron chi connectivity index (χ3n) is 3.87. The van der Waals surface area contributed by atoms with E-state index in [1.807, 2.05) is 20.9 Å². The fourth-order valence-corrected chi connectivity index (χ4v) is 2.12. The molecule has 0 bridgehead atoms. The zero-order valence-corrected chi connectivity index (χ0v) is 11.9. The number of hydrogen-bond donors (Lipinski definition) is 2. The number of nitrogens with zero attached hydrogens (tertiary/aromatic N) is 2. The molecule has 108 valence electrons. The third kappa shape index (κ3) is 2.74. The first-order valence-corrected chi connectivity index (χ1v) is 6.55. The molecule has 1 aliphatic carbocycles. The molecule has 0 saturated heterocycles. The van der Waals surface area contributed by atoms with Crippen LogP contribution >= 0.6 is 0 Å². The lowest BCUT2D eigenvalue weighted by atomic mass is 10.1. The molecule has 1 aromatic rings. The maximum absolute atomic E-state index is 11.7. The zero-order chi connectivity index (χ0) is 14.9. The smallest absolute Gasteiger partial charge is 0.311 e. The van der Waals surface area contributed by atoms with E-state index in [1.165, 1.54) is 6.08 Å². The summed E-state index contributed by atoms with van der Waals surface area (Å²) in [6.45, 7) is 4.01. The summed E-state index contributed by atoms with van der Waals surface area (Å²) in [4.78, 5) is 22.7. The van der Waals surface area contributed by atoms with E-state index in [4.69, 9.17) is 5.11 Å². The fraction of sp³-hybridized carbons (Fsp3) is 0.500. The molecule has 1 aliphatic rings. The highest BCUT2D eigenvalue weighted by Gasteiger charge is 2.50. The van der Waals surface area contributed by atoms with Gasteiger partial charge in [-0.3, -0.25) is 14.3 Å². The number of aromatic nitrogens is 2. The van der Waals surface area contributed by atoms with Crippen molar-refractivity contribution in [2.24, 2.45) is 12.5 Å². The monoisotopic (exact) mass is 277 g/mol. The molecular formula is C14H19N3O3. The molecule has 20 heavy (non-hydrogen) atoms. The summed E-state index contributed by atoms with van der Waals surface area (Å²) >= 11 is 0. The topological polar surface area (TPSA) is 84.2 Å². The SMILES string of the molecule is Cc1nn(C)c(C)c1/C=C/C(=O)NCC1(C(=O)O)CC1. The van der Waals surface area contributed by atoms with Gasteiger partial charge in [-0.05, 0) is 32.8 Å². The lowest BCUT2D eigenvalue weighted by Crippen LogP contribution is -2.33. The molecule has 1 aromatic heterocycles. The van der Waals surface area contributed by atoms with Gasteiger partial charge in [0, 0.05) is 30.9 Å². The Bertz CT molecular complexity index is 583. The summed E-state index contributed by atoms with van der Waals surface area (Å²) < 4.78 is 1.76. The average Bonchev–Trinajstić information content (AvgIpc) is 3.12. The number of amides is 1. The van der Waals surface area contributed by atoms with Crippen molar-refractivity contribution < 1.29 is 14.7 Å². The maximum Gasteiger partial charge on any atom is 0.311 e. The Morgan fingerprint density at radius 3 is 2.55 bits per heavy atom. The van der Waals surface area contributed by atoms with Crippen LogP contribution in [0.25, 0.3) is 6.08 Å². The number of carboxylic acids is 1. The first-order chi connectivity index (χ1) is 9.35. The van der Waals surface area contributed by atoms with E-state index in [-0.39, 0.29) is 12.5 Å². The minimum atomic E-state index is -0.833. The second kappa shape index (κ2) is 5.11. The maximum atomic E-state index is 11.7. The number of carbonyl (C=O) groups excluding carboxylic acids is 1. The summed E-state index contributed by atoms with van der Waals surface area (Å²) in [5.41, 5.74) is 2.03. The second-order valence-corrected chi connectivity index (χ2v) is 5.34. The van der Waals surface area contributed by atoms with Crippen molar-refractivity contribution in [1.29, 1.82) is 0 Å². The molecule has 0 spiro atoms. The van der Waals surface area contributed by atoms with E-state index >= 15 is 0 Å². The number of carbonyl (C=O) groups is 2. The van der Waals surface area contributed by atoms with E-state index in [0.717, 1.165) is 17.0 Å². The van der Waals surface area contributed by atoms with Crippen LogP contribution < -0.4 is 5.32 Å². The van der Waals surface area contributed by atoms with Gasteiger partial charge >= 0.3 is 5.97 Å². The van der Waals surface area contributed by atoms with E-state index in [2.05, 4.69) is 10.4 Å². The predicted molar refractivity (Wildman–Crippen MR) is 74.0 cm³/mol. The molecule has 1 heterocycles. The average molecular weight is 277 g/mol. The highest BCUT2D eigenvalue weighted by Crippen LogP contribution is 2.45. The summed E-state index contributed by atoms with van der Waals surface area (Å²) in [5.74, 6) is -1.11. The van der Waals surface area contributed by atoms with Crippen LogP contribution in [-0.4, -0.2) is 33.3 Å². The zero-order valence-electron chi connectivity index (χ0n) is 11.9. The van der Waals surface area contributed by atoms with E-state index in [9.17, 15) is 9.59 Å². The van der Waals surface area contributed by atoms with Gasteiger partial charge in [0.05, 0.1) is 11.1 Å². The molecule has 0 aliphatic heterocycles. The quantitative estimate of drug-likeness (QED) is 0.787. The Kier molecular flexibility index (Phi) is 3.65. The summed E-state index contributed by atoms with van der Waals surface area (Å²) in [6.07, 6.45) is 4.41. The molecule has 0 atom stereocenters. The molecule has 6 nitrogen and oxygen atoms in total. The molecule has 6 heteroatoms. The number of rotatable bonds is 5. The van der Waals surface area contributed by atoms with Gasteiger partial charge in [0.2, 0.25) is 5.91 Å². The van der Waals surface area contributed by atoms with Gasteiger partial charge in [-0.25, -0.2) is 0 Å². The molecule has 0 radical (unpaired) electrons. The Morgan fingerprint density at radius 2 is 2.10 bits per heavy atom. The largest absolute Gasteiger partial charge is 0.481 e. The van der Waals surface area contributed by atoms with Gasteiger partial charge in [0.1, 0.15) is 0 Å². The normalized spacial score (nSPS) is 16.4. The molecule has 2 rings (SSSR count). The fourth-order valence-electron chi connectivity index (χ4n) is 2.12. The van der Waals surface area contributed by atoms with Crippen molar-refractivity contribution >= 4 is 18.0 Å². The van der Waals surface area contributed by atoms with Crippen molar-refractivity contribution in [2.45, 2.75) is 26.7 Å². The Labute approximate surface area is 117 Å². The van der Waals surface area contributed by atoms with Crippen molar-refractivity contribution in [3.05, 3.63) is 23.0 Å². The molecule has 1 saturated carbocycles. The van der Waals surface area contributed by atoms with Crippen molar-refractivity contribution in [3.8, 4) is 0 Å². The minimum Gasteiger partial charge on any atom is -0.481 e. The summed E-state index contributed by atoms with van der Waals surface area (Å²) in [6, 6.07) is 0. The lowest BCUT2D eigenvalue weighted by molar-refractivity contribution is -0.143. The van der Waals surface area contributed by atoms with Crippen LogP contribution in [0.2, 0.25) is 0 Å². The van der Waals surface area contributed by atoms with Gasteiger partial charge in [-0.1, -0.05) is 0 Å². The van der Waals surface area contributed by atoms with Crippen LogP contribution in [0.15, 0.2) is 6.08 Å². The second-order valence-electron chi connectivity index (χ2n) is 5.34. The first-order valence-electron chi connectivity index (χ1n) is 6.55. The van der Waals surface area contributed by atoms with Gasteiger partial charge < -0.3 is 10.4 Å². The molecule has 2 N–H and O–H groups in total. The van der Waals surface area contributed by atoms with E-state index in [1.54, 1.807) is 10.8 Å². The molecule has 0 unspecified atom stereocenters. The van der Waals surface area contributed by atoms with Crippen LogP contribution in [0, 0.1) is 19.3 Å². The van der Waals surface area contributed by atoms with Gasteiger partial charge in [-0.2, -0.15) is 5.10 Å². The molecule has 1 amide bonds. The third-order valence-corrected chi connectivity index (χ3v) is 3.87. The molecule has 1 fully saturated rings.